The van der Waals surface area contributed by atoms with E-state index in [1.165, 1.54) is 4.90 Å². The summed E-state index contributed by atoms with van der Waals surface area (Å²) in [5, 5.41) is 11.7. The summed E-state index contributed by atoms with van der Waals surface area (Å²) in [4.78, 5) is 29.1. The molecule has 0 saturated carbocycles. The number of urea groups is 1. The average molecular weight is 539 g/mol. The van der Waals surface area contributed by atoms with Crippen molar-refractivity contribution in [2.45, 2.75) is 38.8 Å². The molecule has 2 amide bonds. The fourth-order valence-electron chi connectivity index (χ4n) is 3.70. The van der Waals surface area contributed by atoms with Gasteiger partial charge in [-0.3, -0.25) is 9.78 Å². The number of aromatic nitrogens is 1. The Morgan fingerprint density at radius 1 is 0.921 bits per heavy atom. The molecule has 0 aliphatic heterocycles. The molecule has 6 nitrogen and oxygen atoms in total. The van der Waals surface area contributed by atoms with Gasteiger partial charge in [-0.2, -0.15) is 26.3 Å². The van der Waals surface area contributed by atoms with Crippen LogP contribution in [0.25, 0.3) is 11.3 Å². The highest BCUT2D eigenvalue weighted by Gasteiger charge is 2.34. The Labute approximate surface area is 213 Å². The summed E-state index contributed by atoms with van der Waals surface area (Å²) >= 11 is 0. The van der Waals surface area contributed by atoms with Crippen LogP contribution in [0.2, 0.25) is 0 Å². The number of nitrogens with one attached hydrogen (secondary N) is 1. The van der Waals surface area contributed by atoms with E-state index >= 15 is 0 Å². The van der Waals surface area contributed by atoms with E-state index in [-0.39, 0.29) is 36.5 Å². The van der Waals surface area contributed by atoms with Crippen molar-refractivity contribution in [1.29, 1.82) is 0 Å². The average Bonchev–Trinajstić information content (AvgIpc) is 2.84. The Hall–Kier alpha value is -4.09. The third-order valence-corrected chi connectivity index (χ3v) is 5.56. The number of hydrogen-bond acceptors (Lipinski definition) is 3. The van der Waals surface area contributed by atoms with Crippen molar-refractivity contribution in [3.8, 4) is 11.3 Å². The van der Waals surface area contributed by atoms with Crippen LogP contribution < -0.4 is 5.32 Å². The topological polar surface area (TPSA) is 82.5 Å². The standard InChI is InChI=1S/C26H23F6N3O3/c1-2-35(24(38)33-14-16-6-4-3-5-7-16)15-17-10-18(25(27,28)29)8-9-21(17)22-12-19(26(30,31)32)11-20(34-22)13-23(36)37/h3-12H,2,13-15H2,1H3,(H,33,38)(H,36,37). The minimum atomic E-state index is -4.86. The van der Waals surface area contributed by atoms with Crippen LogP contribution in [0.15, 0.2) is 60.7 Å². The minimum Gasteiger partial charge on any atom is -0.481 e. The quantitative estimate of drug-likeness (QED) is 0.337. The molecule has 0 radical (unpaired) electrons. The fourth-order valence-corrected chi connectivity index (χ4v) is 3.70. The van der Waals surface area contributed by atoms with Gasteiger partial charge in [-0.25, -0.2) is 4.79 Å². The highest BCUT2D eigenvalue weighted by molar-refractivity contribution is 5.75. The molecule has 202 valence electrons. The molecule has 3 aromatic rings. The Kier molecular flexibility index (Phi) is 8.64. The molecular formula is C26H23F6N3O3. The van der Waals surface area contributed by atoms with Crippen LogP contribution >= 0.6 is 0 Å². The van der Waals surface area contributed by atoms with Crippen LogP contribution in [-0.4, -0.2) is 33.5 Å². The van der Waals surface area contributed by atoms with Gasteiger partial charge in [-0.1, -0.05) is 36.4 Å². The smallest absolute Gasteiger partial charge is 0.416 e. The predicted molar refractivity (Wildman–Crippen MR) is 126 cm³/mol. The Morgan fingerprint density at radius 3 is 2.16 bits per heavy atom. The molecule has 0 aliphatic carbocycles. The first kappa shape index (κ1) is 28.5. The molecule has 12 heteroatoms. The van der Waals surface area contributed by atoms with E-state index in [9.17, 15) is 35.9 Å². The van der Waals surface area contributed by atoms with Crippen molar-refractivity contribution in [3.63, 3.8) is 0 Å². The van der Waals surface area contributed by atoms with Crippen molar-refractivity contribution in [2.75, 3.05) is 6.54 Å². The van der Waals surface area contributed by atoms with E-state index < -0.39 is 47.6 Å². The van der Waals surface area contributed by atoms with Crippen LogP contribution in [0, 0.1) is 0 Å². The van der Waals surface area contributed by atoms with Gasteiger partial charge in [-0.05, 0) is 42.3 Å². The first-order valence-electron chi connectivity index (χ1n) is 11.3. The molecule has 1 heterocycles. The van der Waals surface area contributed by atoms with Gasteiger partial charge in [0, 0.05) is 25.2 Å². The number of halogens is 6. The van der Waals surface area contributed by atoms with Crippen molar-refractivity contribution in [1.82, 2.24) is 15.2 Å². The molecular weight excluding hydrogens is 516 g/mol. The Balaban J connectivity index is 2.03. The molecule has 0 fully saturated rings. The van der Waals surface area contributed by atoms with Crippen molar-refractivity contribution in [2.24, 2.45) is 0 Å². The molecule has 38 heavy (non-hydrogen) atoms. The van der Waals surface area contributed by atoms with Crippen LogP contribution in [0.5, 0.6) is 0 Å². The number of carboxylic acids is 1. The number of benzene rings is 2. The number of amides is 2. The lowest BCUT2D eigenvalue weighted by atomic mass is 9.98. The lowest BCUT2D eigenvalue weighted by Gasteiger charge is -2.24. The zero-order valence-electron chi connectivity index (χ0n) is 20.0. The Bertz CT molecular complexity index is 1290. The summed E-state index contributed by atoms with van der Waals surface area (Å²) in [6.07, 6.45) is -10.4. The normalized spacial score (nSPS) is 11.8. The monoisotopic (exact) mass is 539 g/mol. The number of carbonyl (C=O) groups excluding carboxylic acids is 1. The summed E-state index contributed by atoms with van der Waals surface area (Å²) in [6.45, 7) is 1.46. The molecule has 2 aromatic carbocycles. The van der Waals surface area contributed by atoms with E-state index in [2.05, 4.69) is 10.3 Å². The molecule has 3 rings (SSSR count). The predicted octanol–water partition coefficient (Wildman–Crippen LogP) is 6.15. The third kappa shape index (κ3) is 7.46. The molecule has 0 spiro atoms. The maximum absolute atomic E-state index is 13.5. The van der Waals surface area contributed by atoms with Crippen LogP contribution in [0.4, 0.5) is 31.1 Å². The van der Waals surface area contributed by atoms with E-state index in [0.717, 1.165) is 17.7 Å². The maximum atomic E-state index is 13.5. The second-order valence-electron chi connectivity index (χ2n) is 8.33. The molecule has 0 aliphatic rings. The largest absolute Gasteiger partial charge is 0.481 e. The maximum Gasteiger partial charge on any atom is 0.416 e. The zero-order valence-corrected chi connectivity index (χ0v) is 20.0. The number of aliphatic carboxylic acids is 1. The first-order chi connectivity index (χ1) is 17.8. The van der Waals surface area contributed by atoms with Crippen LogP contribution in [0.1, 0.15) is 34.9 Å². The van der Waals surface area contributed by atoms with E-state index in [0.29, 0.717) is 18.2 Å². The van der Waals surface area contributed by atoms with E-state index in [4.69, 9.17) is 5.11 Å². The molecule has 1 aromatic heterocycles. The number of carboxylic acid groups (broad SMARTS) is 1. The summed E-state index contributed by atoms with van der Waals surface area (Å²) in [6, 6.07) is 11.9. The van der Waals surface area contributed by atoms with Gasteiger partial charge in [0.05, 0.1) is 28.9 Å². The number of pyridine rings is 1. The van der Waals surface area contributed by atoms with Gasteiger partial charge >= 0.3 is 24.4 Å². The summed E-state index contributed by atoms with van der Waals surface area (Å²) in [5.41, 5.74) is -2.44. The van der Waals surface area contributed by atoms with Gasteiger partial charge < -0.3 is 15.3 Å². The zero-order chi connectivity index (χ0) is 28.1. The lowest BCUT2D eigenvalue weighted by Crippen LogP contribution is -2.39. The second kappa shape index (κ2) is 11.5. The van der Waals surface area contributed by atoms with Gasteiger partial charge in [-0.15, -0.1) is 0 Å². The molecule has 0 bridgehead atoms. The highest BCUT2D eigenvalue weighted by atomic mass is 19.4. The number of carbonyl (C=O) groups is 2. The number of hydrogen-bond donors (Lipinski definition) is 2. The third-order valence-electron chi connectivity index (χ3n) is 5.56. The van der Waals surface area contributed by atoms with E-state index in [1.54, 1.807) is 37.3 Å². The number of nitrogens with zero attached hydrogens (tertiary/aromatic N) is 2. The van der Waals surface area contributed by atoms with Gasteiger partial charge in [0.15, 0.2) is 0 Å². The van der Waals surface area contributed by atoms with Gasteiger partial charge in [0.2, 0.25) is 0 Å². The van der Waals surface area contributed by atoms with Crippen LogP contribution in [0.3, 0.4) is 0 Å². The molecule has 2 N–H and O–H groups in total. The SMILES string of the molecule is CCN(Cc1cc(C(F)(F)F)ccc1-c1cc(C(F)(F)F)cc(CC(=O)O)n1)C(=O)NCc1ccccc1. The first-order valence-corrected chi connectivity index (χ1v) is 11.3. The second-order valence-corrected chi connectivity index (χ2v) is 8.33. The minimum absolute atomic E-state index is 0.0800. The van der Waals surface area contributed by atoms with Gasteiger partial charge in [0.1, 0.15) is 0 Å². The molecule has 0 unspecified atom stereocenters. The molecule has 0 saturated heterocycles. The van der Waals surface area contributed by atoms with Crippen molar-refractivity contribution >= 4 is 12.0 Å². The van der Waals surface area contributed by atoms with Crippen LogP contribution in [-0.2, 0) is 36.7 Å². The molecule has 0 atom stereocenters. The summed E-state index contributed by atoms with van der Waals surface area (Å²) in [7, 11) is 0. The van der Waals surface area contributed by atoms with Crippen molar-refractivity contribution in [3.05, 3.63) is 88.6 Å². The lowest BCUT2D eigenvalue weighted by molar-refractivity contribution is -0.138. The highest BCUT2D eigenvalue weighted by Crippen LogP contribution is 2.36. The summed E-state index contributed by atoms with van der Waals surface area (Å²) < 4.78 is 81.1. The van der Waals surface area contributed by atoms with E-state index in [1.807, 2.05) is 0 Å². The number of rotatable bonds is 8. The van der Waals surface area contributed by atoms with Gasteiger partial charge in [0.25, 0.3) is 0 Å². The summed E-state index contributed by atoms with van der Waals surface area (Å²) in [5.74, 6) is -1.43. The van der Waals surface area contributed by atoms with Crippen molar-refractivity contribution < 1.29 is 41.0 Å². The fraction of sp³-hybridized carbons (Fsp3) is 0.269. The Morgan fingerprint density at radius 2 is 1.58 bits per heavy atom. The number of alkyl halides is 6.